The van der Waals surface area contributed by atoms with Gasteiger partial charge < -0.3 is 14.6 Å². The zero-order valence-corrected chi connectivity index (χ0v) is 19.0. The van der Waals surface area contributed by atoms with Crippen molar-refractivity contribution in [2.75, 3.05) is 11.9 Å². The maximum Gasteiger partial charge on any atom is 0.329 e. The number of benzene rings is 2. The molecule has 7 nitrogen and oxygen atoms in total. The van der Waals surface area contributed by atoms with Gasteiger partial charge in [-0.05, 0) is 70.0 Å². The Balaban J connectivity index is 1.71. The third-order valence-electron chi connectivity index (χ3n) is 5.09. The number of ether oxygens (including phenoxy) is 1. The van der Waals surface area contributed by atoms with E-state index >= 15 is 0 Å². The number of anilines is 1. The van der Waals surface area contributed by atoms with E-state index in [0.29, 0.717) is 18.0 Å². The Morgan fingerprint density at radius 3 is 2.53 bits per heavy atom. The largest absolute Gasteiger partial charge is 0.492 e. The number of amides is 2. The van der Waals surface area contributed by atoms with Crippen LogP contribution >= 0.6 is 0 Å². The van der Waals surface area contributed by atoms with Gasteiger partial charge in [0.2, 0.25) is 0 Å². The molecule has 0 fully saturated rings. The van der Waals surface area contributed by atoms with E-state index < -0.39 is 11.8 Å². The molecule has 1 heterocycles. The van der Waals surface area contributed by atoms with Gasteiger partial charge in [-0.1, -0.05) is 24.3 Å². The van der Waals surface area contributed by atoms with E-state index in [4.69, 9.17) is 4.74 Å². The fraction of sp³-hybridized carbons (Fsp3) is 0.240. The third-order valence-corrected chi connectivity index (χ3v) is 5.09. The zero-order chi connectivity index (χ0) is 23.3. The second kappa shape index (κ2) is 9.96. The Labute approximate surface area is 188 Å². The number of para-hydroxylation sites is 2. The molecule has 0 aliphatic heterocycles. The molecule has 7 heteroatoms. The summed E-state index contributed by atoms with van der Waals surface area (Å²) in [6, 6.07) is 15.2. The van der Waals surface area contributed by atoms with Crippen LogP contribution in [-0.4, -0.2) is 29.2 Å². The molecule has 0 bridgehead atoms. The summed E-state index contributed by atoms with van der Waals surface area (Å²) in [5.74, 6) is -1.19. The van der Waals surface area contributed by atoms with Gasteiger partial charge >= 0.3 is 11.8 Å². The minimum Gasteiger partial charge on any atom is -0.492 e. The van der Waals surface area contributed by atoms with Crippen LogP contribution in [0, 0.1) is 27.7 Å². The van der Waals surface area contributed by atoms with E-state index in [1.165, 1.54) is 5.56 Å². The van der Waals surface area contributed by atoms with Gasteiger partial charge in [0.1, 0.15) is 5.75 Å². The fourth-order valence-corrected chi connectivity index (χ4v) is 3.49. The molecule has 0 radical (unpaired) electrons. The number of rotatable bonds is 6. The van der Waals surface area contributed by atoms with Crippen LogP contribution in [0.15, 0.2) is 53.6 Å². The molecule has 1 aromatic heterocycles. The fourth-order valence-electron chi connectivity index (χ4n) is 3.49. The molecule has 0 spiro atoms. The minimum atomic E-state index is -0.865. The summed E-state index contributed by atoms with van der Waals surface area (Å²) in [5.41, 5.74) is 9.06. The van der Waals surface area contributed by atoms with Gasteiger partial charge in [0, 0.05) is 22.6 Å². The van der Waals surface area contributed by atoms with Crippen molar-refractivity contribution in [3.63, 3.8) is 0 Å². The van der Waals surface area contributed by atoms with E-state index in [9.17, 15) is 9.59 Å². The van der Waals surface area contributed by atoms with E-state index in [-0.39, 0.29) is 0 Å². The Bertz CT molecular complexity index is 1180. The molecule has 3 aromatic rings. The first-order chi connectivity index (χ1) is 15.3. The molecule has 0 aliphatic carbocycles. The van der Waals surface area contributed by atoms with Crippen molar-refractivity contribution >= 4 is 23.7 Å². The molecule has 3 rings (SSSR count). The van der Waals surface area contributed by atoms with Crippen LogP contribution in [0.3, 0.4) is 0 Å². The number of carbonyl (C=O) groups is 2. The molecule has 0 aliphatic rings. The highest BCUT2D eigenvalue weighted by Gasteiger charge is 2.16. The number of aryl methyl sites for hydroxylation is 3. The van der Waals surface area contributed by atoms with Gasteiger partial charge in [-0.25, -0.2) is 5.43 Å². The summed E-state index contributed by atoms with van der Waals surface area (Å²) in [6.07, 6.45) is 1.54. The van der Waals surface area contributed by atoms with Crippen LogP contribution in [-0.2, 0) is 9.59 Å². The quantitative estimate of drug-likeness (QED) is 0.348. The predicted molar refractivity (Wildman–Crippen MR) is 127 cm³/mol. The minimum absolute atomic E-state index is 0.426. The Hall–Kier alpha value is -3.87. The van der Waals surface area contributed by atoms with E-state index in [0.717, 1.165) is 28.2 Å². The summed E-state index contributed by atoms with van der Waals surface area (Å²) >= 11 is 0. The molecule has 2 amide bonds. The maximum atomic E-state index is 12.2. The number of hydrazone groups is 1. The lowest BCUT2D eigenvalue weighted by Crippen LogP contribution is -2.32. The molecular weight excluding hydrogens is 404 g/mol. The highest BCUT2D eigenvalue weighted by molar-refractivity contribution is 6.39. The Morgan fingerprint density at radius 2 is 1.78 bits per heavy atom. The van der Waals surface area contributed by atoms with Crippen molar-refractivity contribution in [3.05, 3.63) is 76.6 Å². The molecule has 166 valence electrons. The monoisotopic (exact) mass is 432 g/mol. The van der Waals surface area contributed by atoms with Crippen molar-refractivity contribution in [2.45, 2.75) is 34.6 Å². The number of nitrogens with zero attached hydrogens (tertiary/aromatic N) is 2. The van der Waals surface area contributed by atoms with Crippen molar-refractivity contribution in [3.8, 4) is 11.4 Å². The molecule has 0 atom stereocenters. The van der Waals surface area contributed by atoms with E-state index in [1.54, 1.807) is 30.5 Å². The average molecular weight is 433 g/mol. The summed E-state index contributed by atoms with van der Waals surface area (Å²) in [7, 11) is 0. The van der Waals surface area contributed by atoms with Gasteiger partial charge in [0.15, 0.2) is 0 Å². The Kier molecular flexibility index (Phi) is 7.10. The zero-order valence-electron chi connectivity index (χ0n) is 19.0. The summed E-state index contributed by atoms with van der Waals surface area (Å²) in [5, 5.41) is 6.53. The lowest BCUT2D eigenvalue weighted by atomic mass is 10.1. The first kappa shape index (κ1) is 22.8. The highest BCUT2D eigenvalue weighted by atomic mass is 16.5. The first-order valence-corrected chi connectivity index (χ1v) is 10.4. The average Bonchev–Trinajstić information content (AvgIpc) is 3.04. The highest BCUT2D eigenvalue weighted by Crippen LogP contribution is 2.24. The van der Waals surface area contributed by atoms with Crippen LogP contribution in [0.25, 0.3) is 5.69 Å². The smallest absolute Gasteiger partial charge is 0.329 e. The summed E-state index contributed by atoms with van der Waals surface area (Å²) in [4.78, 5) is 24.4. The van der Waals surface area contributed by atoms with Gasteiger partial charge in [-0.3, -0.25) is 9.59 Å². The number of hydrogen-bond donors (Lipinski definition) is 2. The molecular formula is C25H28N4O3. The topological polar surface area (TPSA) is 84.7 Å². The van der Waals surface area contributed by atoms with E-state index in [2.05, 4.69) is 52.5 Å². The third kappa shape index (κ3) is 5.06. The number of carbonyl (C=O) groups excluding carboxylic acids is 2. The number of aromatic nitrogens is 1. The van der Waals surface area contributed by atoms with Gasteiger partial charge in [0.05, 0.1) is 18.5 Å². The predicted octanol–water partition coefficient (Wildman–Crippen LogP) is 4.20. The first-order valence-electron chi connectivity index (χ1n) is 10.4. The van der Waals surface area contributed by atoms with Gasteiger partial charge in [-0.15, -0.1) is 0 Å². The molecule has 0 unspecified atom stereocenters. The van der Waals surface area contributed by atoms with Crippen molar-refractivity contribution in [1.29, 1.82) is 0 Å². The van der Waals surface area contributed by atoms with Crippen LogP contribution in [0.2, 0.25) is 0 Å². The maximum absolute atomic E-state index is 12.2. The normalized spacial score (nSPS) is 10.9. The van der Waals surface area contributed by atoms with Crippen molar-refractivity contribution < 1.29 is 14.3 Å². The van der Waals surface area contributed by atoms with E-state index in [1.807, 2.05) is 26.8 Å². The number of nitrogens with one attached hydrogen (secondary N) is 2. The summed E-state index contributed by atoms with van der Waals surface area (Å²) in [6.45, 7) is 10.4. The van der Waals surface area contributed by atoms with Crippen LogP contribution < -0.4 is 15.5 Å². The van der Waals surface area contributed by atoms with Crippen LogP contribution in [0.4, 0.5) is 5.69 Å². The van der Waals surface area contributed by atoms with Crippen molar-refractivity contribution in [2.24, 2.45) is 5.10 Å². The summed E-state index contributed by atoms with van der Waals surface area (Å²) < 4.78 is 7.61. The van der Waals surface area contributed by atoms with Gasteiger partial charge in [-0.2, -0.15) is 5.10 Å². The van der Waals surface area contributed by atoms with Crippen LogP contribution in [0.5, 0.6) is 5.75 Å². The molecule has 2 aromatic carbocycles. The number of hydrogen-bond acceptors (Lipinski definition) is 4. The van der Waals surface area contributed by atoms with Gasteiger partial charge in [0.25, 0.3) is 0 Å². The standard InChI is InChI=1S/C25H28N4O3/c1-6-32-23-10-8-7-9-21(23)27-24(30)25(31)28-26-15-20-14-18(4)29(19(20)5)22-13-16(2)11-12-17(22)3/h7-15H,6H2,1-5H3,(H,27,30)(H,28,31)/b26-15-. The molecule has 32 heavy (non-hydrogen) atoms. The van der Waals surface area contributed by atoms with Crippen molar-refractivity contribution in [1.82, 2.24) is 9.99 Å². The second-order valence-electron chi connectivity index (χ2n) is 7.53. The Morgan fingerprint density at radius 1 is 1.03 bits per heavy atom. The second-order valence-corrected chi connectivity index (χ2v) is 7.53. The molecule has 0 saturated carbocycles. The molecule has 2 N–H and O–H groups in total. The van der Waals surface area contributed by atoms with Crippen LogP contribution in [0.1, 0.15) is 35.0 Å². The lowest BCUT2D eigenvalue weighted by molar-refractivity contribution is -0.136. The lowest BCUT2D eigenvalue weighted by Gasteiger charge is -2.13. The molecule has 0 saturated heterocycles. The SMILES string of the molecule is CCOc1ccccc1NC(=O)C(=O)N/N=C\c1cc(C)n(-c2cc(C)ccc2C)c1C.